The second-order valence-electron chi connectivity index (χ2n) is 2.41. The molecule has 0 aliphatic rings. The smallest absolute Gasteiger partial charge is 0.131 e. The van der Waals surface area contributed by atoms with Gasteiger partial charge in [0, 0.05) is 0 Å². The molecule has 0 heterocycles. The maximum absolute atomic E-state index is 9.88. The molecule has 0 atom stereocenters. The summed E-state index contributed by atoms with van der Waals surface area (Å²) in [4.78, 5) is 9.88. The summed E-state index contributed by atoms with van der Waals surface area (Å²) in [6.07, 6.45) is 2.16. The van der Waals surface area contributed by atoms with E-state index in [2.05, 4.69) is 11.8 Å². The van der Waals surface area contributed by atoms with Gasteiger partial charge in [0.05, 0.1) is 6.42 Å². The van der Waals surface area contributed by atoms with E-state index in [1.165, 1.54) is 0 Å². The molecule has 0 aromatic heterocycles. The van der Waals surface area contributed by atoms with Crippen LogP contribution in [-0.2, 0) is 4.79 Å². The fraction of sp³-hybridized carbons (Fsp3) is 0.667. The quantitative estimate of drug-likeness (QED) is 0.488. The van der Waals surface area contributed by atoms with Crippen molar-refractivity contribution in [2.24, 2.45) is 0 Å². The maximum atomic E-state index is 9.88. The molecule has 0 unspecified atom stereocenters. The number of carbonyl (C=O) groups is 1. The SMILES string of the molecule is CCC(O)(C#CCC=O)CC. The molecule has 2 nitrogen and oxygen atoms in total. The summed E-state index contributed by atoms with van der Waals surface area (Å²) in [5, 5.41) is 9.57. The van der Waals surface area contributed by atoms with Crippen LogP contribution in [0.1, 0.15) is 33.1 Å². The van der Waals surface area contributed by atoms with Crippen molar-refractivity contribution >= 4 is 6.29 Å². The summed E-state index contributed by atoms with van der Waals surface area (Å²) < 4.78 is 0. The Morgan fingerprint density at radius 2 is 2.00 bits per heavy atom. The van der Waals surface area contributed by atoms with Gasteiger partial charge in [-0.25, -0.2) is 0 Å². The van der Waals surface area contributed by atoms with Crippen LogP contribution in [0.15, 0.2) is 0 Å². The molecule has 0 rings (SSSR count). The zero-order valence-electron chi connectivity index (χ0n) is 7.05. The van der Waals surface area contributed by atoms with Gasteiger partial charge in [0.2, 0.25) is 0 Å². The number of aldehydes is 1. The molecule has 0 saturated carbocycles. The van der Waals surface area contributed by atoms with Crippen LogP contribution < -0.4 is 0 Å². The molecule has 0 amide bonds. The van der Waals surface area contributed by atoms with Crippen molar-refractivity contribution in [3.63, 3.8) is 0 Å². The first-order chi connectivity index (χ1) is 5.18. The number of hydrogen-bond acceptors (Lipinski definition) is 2. The minimum absolute atomic E-state index is 0.211. The van der Waals surface area contributed by atoms with E-state index in [9.17, 15) is 9.90 Å². The van der Waals surface area contributed by atoms with Crippen LogP contribution in [0.4, 0.5) is 0 Å². The van der Waals surface area contributed by atoms with Crippen molar-refractivity contribution in [1.82, 2.24) is 0 Å². The molecule has 1 N–H and O–H groups in total. The topological polar surface area (TPSA) is 37.3 Å². The Hall–Kier alpha value is -0.810. The summed E-state index contributed by atoms with van der Waals surface area (Å²) in [5.41, 5.74) is -0.886. The van der Waals surface area contributed by atoms with Gasteiger partial charge >= 0.3 is 0 Å². The Balaban J connectivity index is 4.08. The van der Waals surface area contributed by atoms with Gasteiger partial charge in [-0.1, -0.05) is 25.7 Å². The van der Waals surface area contributed by atoms with Crippen molar-refractivity contribution < 1.29 is 9.90 Å². The monoisotopic (exact) mass is 154 g/mol. The van der Waals surface area contributed by atoms with E-state index in [0.717, 1.165) is 6.29 Å². The molecule has 2 heteroatoms. The lowest BCUT2D eigenvalue weighted by Crippen LogP contribution is -2.23. The Morgan fingerprint density at radius 1 is 1.45 bits per heavy atom. The second-order valence-corrected chi connectivity index (χ2v) is 2.41. The van der Waals surface area contributed by atoms with E-state index < -0.39 is 5.60 Å². The molecule has 0 aliphatic heterocycles. The molecule has 0 fully saturated rings. The summed E-state index contributed by atoms with van der Waals surface area (Å²) in [5.74, 6) is 5.28. The molecular weight excluding hydrogens is 140 g/mol. The predicted octanol–water partition coefficient (Wildman–Crippen LogP) is 1.13. The second kappa shape index (κ2) is 4.92. The zero-order chi connectivity index (χ0) is 8.74. The third-order valence-electron chi connectivity index (χ3n) is 1.68. The van der Waals surface area contributed by atoms with E-state index in [0.29, 0.717) is 12.8 Å². The summed E-state index contributed by atoms with van der Waals surface area (Å²) >= 11 is 0. The number of carbonyl (C=O) groups excluding carboxylic acids is 1. The third kappa shape index (κ3) is 3.79. The lowest BCUT2D eigenvalue weighted by Gasteiger charge is -2.16. The van der Waals surface area contributed by atoms with Gasteiger partial charge in [-0.15, -0.1) is 0 Å². The fourth-order valence-electron chi connectivity index (χ4n) is 0.684. The Bertz CT molecular complexity index is 170. The highest BCUT2D eigenvalue weighted by molar-refractivity contribution is 5.54. The van der Waals surface area contributed by atoms with Gasteiger partial charge in [0.15, 0.2) is 0 Å². The van der Waals surface area contributed by atoms with Crippen LogP contribution in [-0.4, -0.2) is 17.0 Å². The van der Waals surface area contributed by atoms with Gasteiger partial charge in [-0.2, -0.15) is 0 Å². The van der Waals surface area contributed by atoms with Gasteiger partial charge < -0.3 is 9.90 Å². The van der Waals surface area contributed by atoms with Gasteiger partial charge in [-0.3, -0.25) is 0 Å². The van der Waals surface area contributed by atoms with Crippen LogP contribution in [0.3, 0.4) is 0 Å². The average molecular weight is 154 g/mol. The lowest BCUT2D eigenvalue weighted by molar-refractivity contribution is -0.107. The molecular formula is C9H14O2. The Labute approximate surface area is 67.6 Å². The van der Waals surface area contributed by atoms with Crippen molar-refractivity contribution in [1.29, 1.82) is 0 Å². The van der Waals surface area contributed by atoms with E-state index >= 15 is 0 Å². The highest BCUT2D eigenvalue weighted by Crippen LogP contribution is 2.12. The number of hydrogen-bond donors (Lipinski definition) is 1. The minimum Gasteiger partial charge on any atom is -0.378 e. The standard InChI is InChI=1S/C9H14O2/c1-3-9(11,4-2)7-5-6-8-10/h8,11H,3-4,6H2,1-2H3. The van der Waals surface area contributed by atoms with E-state index in [1.807, 2.05) is 13.8 Å². The van der Waals surface area contributed by atoms with Crippen molar-refractivity contribution in [2.45, 2.75) is 38.7 Å². The highest BCUT2D eigenvalue weighted by atomic mass is 16.3. The zero-order valence-corrected chi connectivity index (χ0v) is 7.05. The Kier molecular flexibility index (Phi) is 4.56. The highest BCUT2D eigenvalue weighted by Gasteiger charge is 2.17. The summed E-state index contributed by atoms with van der Waals surface area (Å²) in [7, 11) is 0. The fourth-order valence-corrected chi connectivity index (χ4v) is 0.684. The first-order valence-electron chi connectivity index (χ1n) is 3.84. The average Bonchev–Trinajstić information content (AvgIpc) is 2.05. The molecule has 0 aromatic rings. The van der Waals surface area contributed by atoms with Gasteiger partial charge in [0.25, 0.3) is 0 Å². The third-order valence-corrected chi connectivity index (χ3v) is 1.68. The van der Waals surface area contributed by atoms with E-state index in [4.69, 9.17) is 0 Å². The molecule has 0 bridgehead atoms. The van der Waals surface area contributed by atoms with Crippen molar-refractivity contribution in [3.05, 3.63) is 0 Å². The summed E-state index contributed by atoms with van der Waals surface area (Å²) in [6.45, 7) is 3.75. The first kappa shape index (κ1) is 10.2. The van der Waals surface area contributed by atoms with Crippen LogP contribution in [0.25, 0.3) is 0 Å². The number of rotatable bonds is 3. The maximum Gasteiger partial charge on any atom is 0.131 e. The van der Waals surface area contributed by atoms with E-state index in [-0.39, 0.29) is 6.42 Å². The Morgan fingerprint density at radius 3 is 2.36 bits per heavy atom. The van der Waals surface area contributed by atoms with Gasteiger partial charge in [0.1, 0.15) is 11.9 Å². The molecule has 0 radical (unpaired) electrons. The van der Waals surface area contributed by atoms with E-state index in [1.54, 1.807) is 0 Å². The lowest BCUT2D eigenvalue weighted by atomic mass is 9.98. The van der Waals surface area contributed by atoms with Crippen LogP contribution >= 0.6 is 0 Å². The van der Waals surface area contributed by atoms with Crippen molar-refractivity contribution in [3.8, 4) is 11.8 Å². The largest absolute Gasteiger partial charge is 0.378 e. The van der Waals surface area contributed by atoms with Crippen LogP contribution in [0.5, 0.6) is 0 Å². The molecule has 0 spiro atoms. The van der Waals surface area contributed by atoms with Crippen LogP contribution in [0.2, 0.25) is 0 Å². The molecule has 0 aromatic carbocycles. The minimum atomic E-state index is -0.886. The van der Waals surface area contributed by atoms with Crippen LogP contribution in [0, 0.1) is 11.8 Å². The summed E-state index contributed by atoms with van der Waals surface area (Å²) in [6, 6.07) is 0. The normalized spacial score (nSPS) is 10.1. The molecule has 0 saturated heterocycles. The van der Waals surface area contributed by atoms with Crippen molar-refractivity contribution in [2.75, 3.05) is 0 Å². The van der Waals surface area contributed by atoms with Gasteiger partial charge in [-0.05, 0) is 12.8 Å². The predicted molar refractivity (Wildman–Crippen MR) is 44.0 cm³/mol. The molecule has 62 valence electrons. The first-order valence-corrected chi connectivity index (χ1v) is 3.84. The molecule has 0 aliphatic carbocycles. The molecule has 11 heavy (non-hydrogen) atoms. The number of aliphatic hydroxyl groups is 1.